The Labute approximate surface area is 121 Å². The van der Waals surface area contributed by atoms with Crippen molar-refractivity contribution in [3.8, 4) is 0 Å². The lowest BCUT2D eigenvalue weighted by Crippen LogP contribution is -2.12. The van der Waals surface area contributed by atoms with Crippen molar-refractivity contribution >= 4 is 46.3 Å². The van der Waals surface area contributed by atoms with Crippen LogP contribution in [0.5, 0.6) is 0 Å². The maximum Gasteiger partial charge on any atom is 0.139 e. The molecule has 18 heavy (non-hydrogen) atoms. The molecule has 4 N–H and O–H groups in total. The summed E-state index contributed by atoms with van der Waals surface area (Å²) in [5, 5.41) is 15.8. The van der Waals surface area contributed by atoms with Crippen LogP contribution in [0.4, 0.5) is 5.69 Å². The van der Waals surface area contributed by atoms with Crippen molar-refractivity contribution in [3.05, 3.63) is 27.2 Å². The number of anilines is 1. The Morgan fingerprint density at radius 2 is 1.83 bits per heavy atom. The third-order valence-corrected chi connectivity index (χ3v) is 3.35. The van der Waals surface area contributed by atoms with E-state index in [1.54, 1.807) is 12.1 Å². The number of unbranched alkanes of at least 4 members (excludes halogenated alkanes) is 1. The van der Waals surface area contributed by atoms with Gasteiger partial charge in [0.05, 0.1) is 20.8 Å². The van der Waals surface area contributed by atoms with Gasteiger partial charge in [-0.25, -0.2) is 0 Å². The van der Waals surface area contributed by atoms with Crippen LogP contribution < -0.4 is 11.1 Å². The molecule has 0 saturated heterocycles. The van der Waals surface area contributed by atoms with Crippen LogP contribution in [0.2, 0.25) is 15.1 Å². The van der Waals surface area contributed by atoms with Gasteiger partial charge in [0.15, 0.2) is 0 Å². The molecule has 0 aliphatic rings. The summed E-state index contributed by atoms with van der Waals surface area (Å²) in [6.45, 7) is 0.719. The molecule has 0 aliphatic carbocycles. The minimum atomic E-state index is 0.238. The molecule has 0 radical (unpaired) electrons. The van der Waals surface area contributed by atoms with E-state index in [0.717, 1.165) is 25.1 Å². The lowest BCUT2D eigenvalue weighted by Gasteiger charge is -2.09. The van der Waals surface area contributed by atoms with Gasteiger partial charge < -0.3 is 16.3 Å². The first-order valence-corrected chi connectivity index (χ1v) is 6.52. The van der Waals surface area contributed by atoms with Crippen molar-refractivity contribution < 1.29 is 5.21 Å². The van der Waals surface area contributed by atoms with Gasteiger partial charge in [-0.2, -0.15) is 0 Å². The minimum absolute atomic E-state index is 0.238. The number of amidine groups is 1. The summed E-state index contributed by atoms with van der Waals surface area (Å²) in [5.41, 5.74) is 6.10. The highest BCUT2D eigenvalue weighted by molar-refractivity contribution is 6.44. The van der Waals surface area contributed by atoms with Gasteiger partial charge in [-0.15, -0.1) is 0 Å². The van der Waals surface area contributed by atoms with Crippen LogP contribution >= 0.6 is 34.8 Å². The number of rotatable bonds is 6. The van der Waals surface area contributed by atoms with E-state index in [4.69, 9.17) is 45.7 Å². The van der Waals surface area contributed by atoms with E-state index in [2.05, 4.69) is 10.5 Å². The zero-order chi connectivity index (χ0) is 13.5. The van der Waals surface area contributed by atoms with Crippen molar-refractivity contribution in [2.24, 2.45) is 10.9 Å². The van der Waals surface area contributed by atoms with Crippen LogP contribution in [0.3, 0.4) is 0 Å². The molecule has 1 aromatic carbocycles. The van der Waals surface area contributed by atoms with E-state index in [-0.39, 0.29) is 5.84 Å². The zero-order valence-electron chi connectivity index (χ0n) is 9.59. The fourth-order valence-corrected chi connectivity index (χ4v) is 1.98. The highest BCUT2D eigenvalue weighted by atomic mass is 35.5. The molecule has 1 aromatic rings. The summed E-state index contributed by atoms with van der Waals surface area (Å²) < 4.78 is 0. The molecule has 0 heterocycles. The molecule has 100 valence electrons. The summed E-state index contributed by atoms with van der Waals surface area (Å²) in [5.74, 6) is 0.238. The molecule has 7 heteroatoms. The predicted octanol–water partition coefficient (Wildman–Crippen LogP) is 3.98. The largest absolute Gasteiger partial charge is 0.409 e. The average Bonchev–Trinajstić information content (AvgIpc) is 2.34. The highest BCUT2D eigenvalue weighted by Gasteiger charge is 2.05. The van der Waals surface area contributed by atoms with Gasteiger partial charge in [0.1, 0.15) is 5.84 Å². The van der Waals surface area contributed by atoms with Gasteiger partial charge in [-0.05, 0) is 25.0 Å². The molecule has 0 atom stereocenters. The number of benzene rings is 1. The topological polar surface area (TPSA) is 70.6 Å². The van der Waals surface area contributed by atoms with Gasteiger partial charge in [-0.1, -0.05) is 40.0 Å². The lowest BCUT2D eigenvalue weighted by atomic mass is 10.2. The van der Waals surface area contributed by atoms with Gasteiger partial charge in [0, 0.05) is 13.0 Å². The lowest BCUT2D eigenvalue weighted by molar-refractivity contribution is 0.316. The second kappa shape index (κ2) is 7.56. The van der Waals surface area contributed by atoms with Crippen LogP contribution in [0.1, 0.15) is 19.3 Å². The van der Waals surface area contributed by atoms with Crippen molar-refractivity contribution in [2.45, 2.75) is 19.3 Å². The summed E-state index contributed by atoms with van der Waals surface area (Å²) in [6, 6.07) is 3.29. The van der Waals surface area contributed by atoms with Gasteiger partial charge in [0.2, 0.25) is 0 Å². The number of nitrogens with one attached hydrogen (secondary N) is 1. The van der Waals surface area contributed by atoms with E-state index in [1.165, 1.54) is 0 Å². The summed E-state index contributed by atoms with van der Waals surface area (Å²) >= 11 is 17.7. The Balaban J connectivity index is 2.38. The van der Waals surface area contributed by atoms with E-state index >= 15 is 0 Å². The molecular weight excluding hydrogens is 296 g/mol. The Bertz CT molecular complexity index is 438. The summed E-state index contributed by atoms with van der Waals surface area (Å²) in [4.78, 5) is 0. The third kappa shape index (κ3) is 4.80. The molecule has 0 unspecified atom stereocenters. The number of oxime groups is 1. The number of hydrogen-bond acceptors (Lipinski definition) is 3. The van der Waals surface area contributed by atoms with Crippen LogP contribution in [0.15, 0.2) is 17.3 Å². The van der Waals surface area contributed by atoms with Crippen LogP contribution in [-0.4, -0.2) is 17.6 Å². The molecule has 0 spiro atoms. The van der Waals surface area contributed by atoms with E-state index in [0.29, 0.717) is 21.5 Å². The smallest absolute Gasteiger partial charge is 0.139 e. The van der Waals surface area contributed by atoms with E-state index in [9.17, 15) is 0 Å². The number of nitrogens with zero attached hydrogens (tertiary/aromatic N) is 1. The van der Waals surface area contributed by atoms with E-state index < -0.39 is 0 Å². The zero-order valence-corrected chi connectivity index (χ0v) is 11.9. The first-order chi connectivity index (χ1) is 8.54. The Hall–Kier alpha value is -0.840. The monoisotopic (exact) mass is 309 g/mol. The molecule has 0 aromatic heterocycles. The molecule has 0 amide bonds. The molecule has 0 fully saturated rings. The maximum absolute atomic E-state index is 8.36. The molecule has 0 aliphatic heterocycles. The van der Waals surface area contributed by atoms with E-state index in [1.807, 2.05) is 0 Å². The third-order valence-electron chi connectivity index (χ3n) is 2.31. The predicted molar refractivity (Wildman–Crippen MR) is 77.2 cm³/mol. The standard InChI is InChI=1S/C11H14Cl3N3O/c12-7-5-9(14)10(6-8(7)13)16-4-2-1-3-11(15)17-18/h5-6,16,18H,1-4H2,(H2,15,17). The Kier molecular flexibility index (Phi) is 6.39. The normalized spacial score (nSPS) is 11.6. The average molecular weight is 311 g/mol. The van der Waals surface area contributed by atoms with Gasteiger partial charge in [-0.3, -0.25) is 0 Å². The van der Waals surface area contributed by atoms with Crippen LogP contribution in [-0.2, 0) is 0 Å². The number of hydrogen-bond donors (Lipinski definition) is 3. The number of nitrogens with two attached hydrogens (primary N) is 1. The second-order valence-electron chi connectivity index (χ2n) is 3.72. The molecule has 0 saturated carbocycles. The molecule has 0 bridgehead atoms. The minimum Gasteiger partial charge on any atom is -0.409 e. The van der Waals surface area contributed by atoms with Crippen molar-refractivity contribution in [2.75, 3.05) is 11.9 Å². The summed E-state index contributed by atoms with van der Waals surface area (Å²) in [6.07, 6.45) is 2.25. The van der Waals surface area contributed by atoms with Crippen molar-refractivity contribution in [1.29, 1.82) is 0 Å². The van der Waals surface area contributed by atoms with Crippen LogP contribution in [0, 0.1) is 0 Å². The van der Waals surface area contributed by atoms with Gasteiger partial charge >= 0.3 is 0 Å². The SMILES string of the molecule is NC(CCCCNc1cc(Cl)c(Cl)cc1Cl)=NO. The highest BCUT2D eigenvalue weighted by Crippen LogP contribution is 2.32. The van der Waals surface area contributed by atoms with Crippen LogP contribution in [0.25, 0.3) is 0 Å². The fraction of sp³-hybridized carbons (Fsp3) is 0.364. The fourth-order valence-electron chi connectivity index (χ4n) is 1.36. The molecular formula is C11H14Cl3N3O. The second-order valence-corrected chi connectivity index (χ2v) is 4.94. The van der Waals surface area contributed by atoms with Gasteiger partial charge in [0.25, 0.3) is 0 Å². The first-order valence-electron chi connectivity index (χ1n) is 5.39. The maximum atomic E-state index is 8.36. The van der Waals surface area contributed by atoms with Crippen molar-refractivity contribution in [1.82, 2.24) is 0 Å². The first kappa shape index (κ1) is 15.2. The molecule has 1 rings (SSSR count). The Morgan fingerprint density at radius 3 is 2.50 bits per heavy atom. The Morgan fingerprint density at radius 1 is 1.17 bits per heavy atom. The van der Waals surface area contributed by atoms with Crippen molar-refractivity contribution in [3.63, 3.8) is 0 Å². The number of halogens is 3. The molecule has 4 nitrogen and oxygen atoms in total. The summed E-state index contributed by atoms with van der Waals surface area (Å²) in [7, 11) is 0. The quantitative estimate of drug-likeness (QED) is 0.186.